The van der Waals surface area contributed by atoms with Crippen molar-refractivity contribution in [3.05, 3.63) is 30.1 Å². The van der Waals surface area contributed by atoms with Crippen LogP contribution in [0, 0.1) is 0 Å². The van der Waals surface area contributed by atoms with E-state index in [0.29, 0.717) is 6.61 Å². The average molecular weight is 292 g/mol. The van der Waals surface area contributed by atoms with E-state index in [-0.39, 0.29) is 0 Å². The highest BCUT2D eigenvalue weighted by molar-refractivity contribution is 5.78. The molecule has 2 heterocycles. The molecule has 115 valence electrons. The van der Waals surface area contributed by atoms with Gasteiger partial charge in [0.1, 0.15) is 12.6 Å². The smallest absolute Gasteiger partial charge is 0.231 e. The van der Waals surface area contributed by atoms with Crippen LogP contribution in [0.5, 0.6) is 0 Å². The molecule has 1 N–H and O–H groups in total. The quantitative estimate of drug-likeness (QED) is 0.466. The zero-order valence-electron chi connectivity index (χ0n) is 13.0. The van der Waals surface area contributed by atoms with E-state index in [4.69, 9.17) is 4.84 Å². The number of hydrogen-bond donors (Lipinski definition) is 1. The van der Waals surface area contributed by atoms with Gasteiger partial charge in [-0.1, -0.05) is 0 Å². The molecule has 0 aliphatic carbocycles. The summed E-state index contributed by atoms with van der Waals surface area (Å²) in [6.45, 7) is 3.36. The van der Waals surface area contributed by atoms with Gasteiger partial charge < -0.3 is 9.59 Å². The van der Waals surface area contributed by atoms with Crippen molar-refractivity contribution in [2.24, 2.45) is 4.99 Å². The van der Waals surface area contributed by atoms with Crippen LogP contribution in [0.3, 0.4) is 0 Å². The van der Waals surface area contributed by atoms with Gasteiger partial charge in [0.15, 0.2) is 6.61 Å². The van der Waals surface area contributed by atoms with E-state index in [1.54, 1.807) is 18.0 Å². The molecule has 1 atom stereocenters. The summed E-state index contributed by atoms with van der Waals surface area (Å²) >= 11 is 0. The summed E-state index contributed by atoms with van der Waals surface area (Å²) in [5.41, 5.74) is 0.851. The van der Waals surface area contributed by atoms with E-state index in [2.05, 4.69) is 18.3 Å². The molecule has 1 aromatic heterocycles. The highest BCUT2D eigenvalue weighted by Crippen LogP contribution is 2.16. The lowest BCUT2D eigenvalue weighted by Crippen LogP contribution is -2.54. The Bertz CT molecular complexity index is 470. The number of likely N-dealkylation sites (tertiary alicyclic amines) is 1. The van der Waals surface area contributed by atoms with Gasteiger partial charge >= 0.3 is 0 Å². The summed E-state index contributed by atoms with van der Waals surface area (Å²) in [6, 6.07) is 3.78. The first-order chi connectivity index (χ1) is 10.1. The summed E-state index contributed by atoms with van der Waals surface area (Å²) in [4.78, 5) is 9.47. The minimum absolute atomic E-state index is 0.297. The van der Waals surface area contributed by atoms with Gasteiger partial charge in [-0.15, -0.1) is 0 Å². The van der Waals surface area contributed by atoms with Crippen LogP contribution in [0.1, 0.15) is 24.8 Å². The third-order valence-electron chi connectivity index (χ3n) is 3.98. The predicted octanol–water partition coefficient (Wildman–Crippen LogP) is 0.320. The molecule has 0 saturated carbocycles. The first kappa shape index (κ1) is 15.9. The first-order valence-corrected chi connectivity index (χ1v) is 7.62. The Labute approximate surface area is 127 Å². The number of aliphatic hydroxyl groups excluding tert-OH is 1. The summed E-state index contributed by atoms with van der Waals surface area (Å²) in [5.74, 6) is 0. The van der Waals surface area contributed by atoms with Crippen molar-refractivity contribution in [1.29, 1.82) is 0 Å². The summed E-state index contributed by atoms with van der Waals surface area (Å²) < 4.78 is 2.55. The van der Waals surface area contributed by atoms with Crippen molar-refractivity contribution in [2.75, 3.05) is 40.3 Å². The summed E-state index contributed by atoms with van der Waals surface area (Å²) in [5, 5.41) is 10.2. The Balaban J connectivity index is 1.83. The normalized spacial score (nSPS) is 19.6. The largest absolute Gasteiger partial charge is 0.383 e. The SMILES string of the molecule is CN=[C]c1ccc[n+](OCC(O)C[N+]2(C)CCCCC2)c1. The molecule has 5 heteroatoms. The van der Waals surface area contributed by atoms with Crippen LogP contribution in [-0.2, 0) is 0 Å². The van der Waals surface area contributed by atoms with Crippen LogP contribution < -0.4 is 9.57 Å². The van der Waals surface area contributed by atoms with Gasteiger partial charge in [0.05, 0.1) is 31.9 Å². The fourth-order valence-corrected chi connectivity index (χ4v) is 2.92. The lowest BCUT2D eigenvalue weighted by molar-refractivity contribution is -0.921. The number of hydrogen-bond acceptors (Lipinski definition) is 3. The molecule has 0 bridgehead atoms. The Hall–Kier alpha value is -1.46. The molecule has 1 aliphatic rings. The molecule has 1 unspecified atom stereocenters. The second-order valence-electron chi connectivity index (χ2n) is 6.05. The van der Waals surface area contributed by atoms with Crippen molar-refractivity contribution >= 4 is 6.21 Å². The minimum atomic E-state index is -0.451. The zero-order chi connectivity index (χ0) is 15.1. The zero-order valence-corrected chi connectivity index (χ0v) is 13.0. The minimum Gasteiger partial charge on any atom is -0.383 e. The Morgan fingerprint density at radius 1 is 1.43 bits per heavy atom. The lowest BCUT2D eigenvalue weighted by atomic mass is 10.1. The molecule has 1 saturated heterocycles. The maximum atomic E-state index is 10.2. The summed E-state index contributed by atoms with van der Waals surface area (Å²) in [6.07, 6.45) is 9.86. The van der Waals surface area contributed by atoms with Gasteiger partial charge in [0.25, 0.3) is 0 Å². The van der Waals surface area contributed by atoms with Crippen molar-refractivity contribution in [3.63, 3.8) is 0 Å². The lowest BCUT2D eigenvalue weighted by Gasteiger charge is -2.38. The molecule has 2 rings (SSSR count). The number of pyridine rings is 1. The third-order valence-corrected chi connectivity index (χ3v) is 3.98. The van der Waals surface area contributed by atoms with Crippen molar-refractivity contribution in [2.45, 2.75) is 25.4 Å². The molecule has 1 fully saturated rings. The van der Waals surface area contributed by atoms with Crippen LogP contribution in [0.2, 0.25) is 0 Å². The molecular formula is C16H26N3O2+2. The number of aromatic nitrogens is 1. The predicted molar refractivity (Wildman–Crippen MR) is 81.2 cm³/mol. The van der Waals surface area contributed by atoms with E-state index in [1.807, 2.05) is 18.3 Å². The van der Waals surface area contributed by atoms with Crippen LogP contribution in [0.25, 0.3) is 0 Å². The van der Waals surface area contributed by atoms with E-state index in [9.17, 15) is 5.11 Å². The molecule has 5 nitrogen and oxygen atoms in total. The topological polar surface area (TPSA) is 45.7 Å². The number of nitrogens with zero attached hydrogens (tertiary/aromatic N) is 3. The summed E-state index contributed by atoms with van der Waals surface area (Å²) in [7, 11) is 3.91. The van der Waals surface area contributed by atoms with Crippen molar-refractivity contribution in [1.82, 2.24) is 0 Å². The maximum Gasteiger partial charge on any atom is 0.231 e. The number of aliphatic imine (C=N–C) groups is 1. The second-order valence-corrected chi connectivity index (χ2v) is 6.05. The molecule has 1 aliphatic heterocycles. The Kier molecular flexibility index (Phi) is 5.70. The molecule has 0 aromatic carbocycles. The van der Waals surface area contributed by atoms with Crippen LogP contribution >= 0.6 is 0 Å². The highest BCUT2D eigenvalue weighted by Gasteiger charge is 2.28. The fraction of sp³-hybridized carbons (Fsp3) is 0.625. The maximum absolute atomic E-state index is 10.2. The number of piperidine rings is 1. The number of likely N-dealkylation sites (N-methyl/N-ethyl adjacent to an activating group) is 1. The number of aliphatic hydroxyl groups is 1. The molecule has 1 radical (unpaired) electrons. The first-order valence-electron chi connectivity index (χ1n) is 7.62. The monoisotopic (exact) mass is 292 g/mol. The van der Waals surface area contributed by atoms with E-state index in [1.165, 1.54) is 19.3 Å². The third kappa shape index (κ3) is 5.10. The molecule has 1 aromatic rings. The Morgan fingerprint density at radius 3 is 2.90 bits per heavy atom. The number of quaternary nitrogens is 1. The van der Waals surface area contributed by atoms with E-state index >= 15 is 0 Å². The average Bonchev–Trinajstić information content (AvgIpc) is 2.46. The van der Waals surface area contributed by atoms with Gasteiger partial charge in [-0.05, 0) is 25.3 Å². The van der Waals surface area contributed by atoms with E-state index < -0.39 is 6.10 Å². The van der Waals surface area contributed by atoms with Gasteiger partial charge in [-0.25, -0.2) is 0 Å². The van der Waals surface area contributed by atoms with Gasteiger partial charge in [0.2, 0.25) is 12.4 Å². The van der Waals surface area contributed by atoms with Gasteiger partial charge in [0, 0.05) is 17.8 Å². The Morgan fingerprint density at radius 2 is 2.19 bits per heavy atom. The van der Waals surface area contributed by atoms with Crippen LogP contribution in [0.15, 0.2) is 29.5 Å². The van der Waals surface area contributed by atoms with Crippen LogP contribution in [0.4, 0.5) is 0 Å². The van der Waals surface area contributed by atoms with Crippen molar-refractivity contribution < 1.29 is 19.2 Å². The fourth-order valence-electron chi connectivity index (χ4n) is 2.92. The molecule has 21 heavy (non-hydrogen) atoms. The molecule has 0 spiro atoms. The van der Waals surface area contributed by atoms with Crippen molar-refractivity contribution in [3.8, 4) is 0 Å². The highest BCUT2D eigenvalue weighted by atomic mass is 16.7. The van der Waals surface area contributed by atoms with Crippen LogP contribution in [-0.4, -0.2) is 62.2 Å². The molecular weight excluding hydrogens is 266 g/mol. The standard InChI is InChI=1S/C16H26N3O2/c1-17-11-15-7-6-8-18(12-15)21-14-16(20)13-19(2)9-4-3-5-10-19/h6-8,12,16,20H,3-5,9-10,13-14H2,1-2H3/q+2. The van der Waals surface area contributed by atoms with Gasteiger partial charge in [-0.3, -0.25) is 9.83 Å². The van der Waals surface area contributed by atoms with Gasteiger partial charge in [-0.2, -0.15) is 0 Å². The second kappa shape index (κ2) is 7.52. The molecule has 0 amide bonds. The number of rotatable bonds is 6. The van der Waals surface area contributed by atoms with E-state index in [0.717, 1.165) is 29.7 Å².